The molecule has 0 saturated heterocycles. The van der Waals surface area contributed by atoms with Crippen LogP contribution in [-0.2, 0) is 0 Å². The highest BCUT2D eigenvalue weighted by Gasteiger charge is 2.25. The largest absolute Gasteiger partial charge is 0.478 e. The number of nitrogens with zero attached hydrogens (tertiary/aromatic N) is 1. The van der Waals surface area contributed by atoms with E-state index in [1.807, 2.05) is 0 Å². The predicted molar refractivity (Wildman–Crippen MR) is 75.3 cm³/mol. The molecule has 0 aliphatic rings. The molecular formula is C15H9NO5. The summed E-state index contributed by atoms with van der Waals surface area (Å²) in [5.74, 6) is -1.40. The van der Waals surface area contributed by atoms with Crippen LogP contribution >= 0.6 is 0 Å². The molecule has 1 heterocycles. The second-order valence-electron chi connectivity index (χ2n) is 4.42. The lowest BCUT2D eigenvalue weighted by Crippen LogP contribution is -1.95. The van der Waals surface area contributed by atoms with Gasteiger partial charge in [-0.05, 0) is 23.8 Å². The second kappa shape index (κ2) is 4.75. The van der Waals surface area contributed by atoms with Crippen LogP contribution in [0.2, 0.25) is 0 Å². The molecule has 6 nitrogen and oxygen atoms in total. The number of furan rings is 1. The van der Waals surface area contributed by atoms with Gasteiger partial charge in [-0.15, -0.1) is 0 Å². The van der Waals surface area contributed by atoms with Crippen molar-refractivity contribution in [1.29, 1.82) is 0 Å². The van der Waals surface area contributed by atoms with E-state index < -0.39 is 10.9 Å². The van der Waals surface area contributed by atoms with Crippen LogP contribution in [0.15, 0.2) is 52.9 Å². The van der Waals surface area contributed by atoms with E-state index in [-0.39, 0.29) is 11.4 Å². The molecule has 0 radical (unpaired) electrons. The molecule has 0 aliphatic heterocycles. The number of nitro groups is 1. The number of para-hydroxylation sites is 1. The first kappa shape index (κ1) is 12.9. The molecule has 2 aromatic carbocycles. The van der Waals surface area contributed by atoms with Gasteiger partial charge in [0.05, 0.1) is 5.56 Å². The molecule has 0 spiro atoms. The summed E-state index contributed by atoms with van der Waals surface area (Å²) in [6.45, 7) is 0. The van der Waals surface area contributed by atoms with Crippen molar-refractivity contribution in [2.75, 3.05) is 0 Å². The fourth-order valence-electron chi connectivity index (χ4n) is 2.22. The minimum absolute atomic E-state index is 0.120. The van der Waals surface area contributed by atoms with Gasteiger partial charge in [-0.1, -0.05) is 30.3 Å². The smallest absolute Gasteiger partial charge is 0.442 e. The number of fused-ring (bicyclic) bond motifs is 1. The lowest BCUT2D eigenvalue weighted by molar-refractivity contribution is -0.400. The molecule has 1 aromatic heterocycles. The van der Waals surface area contributed by atoms with Crippen molar-refractivity contribution in [2.45, 2.75) is 0 Å². The van der Waals surface area contributed by atoms with Gasteiger partial charge in [-0.25, -0.2) is 4.79 Å². The number of carboxylic acids is 1. The SMILES string of the molecule is O=C(O)c1ccc(-c2c([N+](=O)[O-])oc3ccccc23)cc1. The Morgan fingerprint density at radius 1 is 1.10 bits per heavy atom. The summed E-state index contributed by atoms with van der Waals surface area (Å²) in [5, 5.41) is 20.7. The summed E-state index contributed by atoms with van der Waals surface area (Å²) in [4.78, 5) is 21.4. The Hall–Kier alpha value is -3.15. The number of carboxylic acid groups (broad SMARTS) is 1. The van der Waals surface area contributed by atoms with Crippen molar-refractivity contribution < 1.29 is 19.2 Å². The van der Waals surface area contributed by atoms with E-state index in [4.69, 9.17) is 9.52 Å². The lowest BCUT2D eigenvalue weighted by Gasteiger charge is -1.99. The van der Waals surface area contributed by atoms with Crippen molar-refractivity contribution >= 4 is 22.8 Å². The topological polar surface area (TPSA) is 93.6 Å². The Morgan fingerprint density at radius 3 is 2.38 bits per heavy atom. The highest BCUT2D eigenvalue weighted by Crippen LogP contribution is 2.39. The highest BCUT2D eigenvalue weighted by molar-refractivity contribution is 5.99. The van der Waals surface area contributed by atoms with Crippen LogP contribution in [-0.4, -0.2) is 16.0 Å². The zero-order chi connectivity index (χ0) is 15.0. The summed E-state index contributed by atoms with van der Waals surface area (Å²) in [5.41, 5.74) is 1.43. The second-order valence-corrected chi connectivity index (χ2v) is 4.42. The molecule has 0 aliphatic carbocycles. The Bertz CT molecular complexity index is 848. The average molecular weight is 283 g/mol. The molecule has 104 valence electrons. The average Bonchev–Trinajstić information content (AvgIpc) is 2.87. The molecule has 21 heavy (non-hydrogen) atoms. The quantitative estimate of drug-likeness (QED) is 0.584. The maximum absolute atomic E-state index is 11.2. The summed E-state index contributed by atoms with van der Waals surface area (Å²) >= 11 is 0. The number of aromatic carboxylic acids is 1. The highest BCUT2D eigenvalue weighted by atomic mass is 16.6. The van der Waals surface area contributed by atoms with Gasteiger partial charge in [-0.2, -0.15) is 0 Å². The zero-order valence-corrected chi connectivity index (χ0v) is 10.6. The first-order valence-electron chi connectivity index (χ1n) is 6.07. The molecule has 0 amide bonds. The first-order chi connectivity index (χ1) is 10.1. The van der Waals surface area contributed by atoms with Gasteiger partial charge in [-0.3, -0.25) is 10.1 Å². The van der Waals surface area contributed by atoms with E-state index >= 15 is 0 Å². The number of rotatable bonds is 3. The normalized spacial score (nSPS) is 10.7. The van der Waals surface area contributed by atoms with Crippen LogP contribution in [0, 0.1) is 10.1 Å². The van der Waals surface area contributed by atoms with Crippen LogP contribution < -0.4 is 0 Å². The monoisotopic (exact) mass is 283 g/mol. The summed E-state index contributed by atoms with van der Waals surface area (Å²) < 4.78 is 5.28. The third-order valence-corrected chi connectivity index (χ3v) is 3.16. The van der Waals surface area contributed by atoms with Crippen molar-refractivity contribution in [2.24, 2.45) is 0 Å². The summed E-state index contributed by atoms with van der Waals surface area (Å²) in [7, 11) is 0. The van der Waals surface area contributed by atoms with E-state index in [2.05, 4.69) is 0 Å². The van der Waals surface area contributed by atoms with Crippen LogP contribution in [0.25, 0.3) is 22.1 Å². The van der Waals surface area contributed by atoms with Gasteiger partial charge in [0.15, 0.2) is 0 Å². The van der Waals surface area contributed by atoms with Gasteiger partial charge in [0.2, 0.25) is 0 Å². The minimum atomic E-state index is -1.05. The van der Waals surface area contributed by atoms with Crippen LogP contribution in [0.1, 0.15) is 10.4 Å². The van der Waals surface area contributed by atoms with Gasteiger partial charge < -0.3 is 9.52 Å². The number of benzene rings is 2. The van der Waals surface area contributed by atoms with E-state index in [0.29, 0.717) is 22.1 Å². The van der Waals surface area contributed by atoms with Crippen molar-refractivity contribution in [3.63, 3.8) is 0 Å². The molecule has 3 rings (SSSR count). The third-order valence-electron chi connectivity index (χ3n) is 3.16. The summed E-state index contributed by atoms with van der Waals surface area (Å²) in [6.07, 6.45) is 0. The van der Waals surface area contributed by atoms with Crippen LogP contribution in [0.3, 0.4) is 0 Å². The Morgan fingerprint density at radius 2 is 1.76 bits per heavy atom. The molecule has 6 heteroatoms. The molecule has 0 atom stereocenters. The molecular weight excluding hydrogens is 274 g/mol. The van der Waals surface area contributed by atoms with E-state index in [1.165, 1.54) is 24.3 Å². The molecule has 3 aromatic rings. The molecule has 0 unspecified atom stereocenters. The van der Waals surface area contributed by atoms with Gasteiger partial charge in [0.25, 0.3) is 0 Å². The van der Waals surface area contributed by atoms with E-state index in [1.54, 1.807) is 24.3 Å². The van der Waals surface area contributed by atoms with Crippen molar-refractivity contribution in [3.05, 3.63) is 64.2 Å². The lowest BCUT2D eigenvalue weighted by atomic mass is 10.0. The molecule has 0 bridgehead atoms. The van der Waals surface area contributed by atoms with Gasteiger partial charge in [0, 0.05) is 5.39 Å². The van der Waals surface area contributed by atoms with Crippen molar-refractivity contribution in [1.82, 2.24) is 0 Å². The Balaban J connectivity index is 2.25. The summed E-state index contributed by atoms with van der Waals surface area (Å²) in [6, 6.07) is 12.8. The minimum Gasteiger partial charge on any atom is -0.478 e. The predicted octanol–water partition coefficient (Wildman–Crippen LogP) is 3.71. The zero-order valence-electron chi connectivity index (χ0n) is 10.6. The fourth-order valence-corrected chi connectivity index (χ4v) is 2.22. The number of hydrogen-bond acceptors (Lipinski definition) is 4. The standard InChI is InChI=1S/C15H9NO5/c17-15(18)10-7-5-9(6-8-10)13-11-3-1-2-4-12(11)21-14(13)16(19)20/h1-8H,(H,17,18). The fraction of sp³-hybridized carbons (Fsp3) is 0. The maximum atomic E-state index is 11.2. The number of hydrogen-bond donors (Lipinski definition) is 1. The third kappa shape index (κ3) is 2.12. The Kier molecular flexibility index (Phi) is 2.91. The molecule has 1 N–H and O–H groups in total. The van der Waals surface area contributed by atoms with Gasteiger partial charge >= 0.3 is 11.9 Å². The molecule has 0 fully saturated rings. The maximum Gasteiger partial charge on any atom is 0.442 e. The Labute approximate surface area is 118 Å². The van der Waals surface area contributed by atoms with Crippen LogP contribution in [0.4, 0.5) is 5.88 Å². The van der Waals surface area contributed by atoms with Crippen molar-refractivity contribution in [3.8, 4) is 11.1 Å². The van der Waals surface area contributed by atoms with Crippen LogP contribution in [0.5, 0.6) is 0 Å². The van der Waals surface area contributed by atoms with E-state index in [9.17, 15) is 14.9 Å². The molecule has 0 saturated carbocycles. The van der Waals surface area contributed by atoms with E-state index in [0.717, 1.165) is 0 Å². The number of carbonyl (C=O) groups is 1. The van der Waals surface area contributed by atoms with Gasteiger partial charge in [0.1, 0.15) is 16.1 Å². The first-order valence-corrected chi connectivity index (χ1v) is 6.07.